The zero-order chi connectivity index (χ0) is 17.9. The van der Waals surface area contributed by atoms with E-state index in [0.29, 0.717) is 6.04 Å². The molecule has 0 atom stereocenters. The molecule has 0 bridgehead atoms. The molecule has 136 valence electrons. The highest BCUT2D eigenvalue weighted by Gasteiger charge is 2.28. The van der Waals surface area contributed by atoms with Crippen molar-refractivity contribution in [1.29, 1.82) is 5.26 Å². The first-order chi connectivity index (χ1) is 12.8. The van der Waals surface area contributed by atoms with Gasteiger partial charge in [-0.05, 0) is 62.0 Å². The van der Waals surface area contributed by atoms with Crippen LogP contribution in [0.5, 0.6) is 0 Å². The summed E-state index contributed by atoms with van der Waals surface area (Å²) >= 11 is 0. The van der Waals surface area contributed by atoms with Gasteiger partial charge in [0.1, 0.15) is 11.8 Å². The molecule has 0 unspecified atom stereocenters. The fraction of sp³-hybridized carbons (Fsp3) is 0.500. The third kappa shape index (κ3) is 3.56. The van der Waals surface area contributed by atoms with Gasteiger partial charge in [-0.2, -0.15) is 5.26 Å². The van der Waals surface area contributed by atoms with Gasteiger partial charge < -0.3 is 4.57 Å². The number of hydrogen-bond donors (Lipinski definition) is 0. The van der Waals surface area contributed by atoms with Crippen molar-refractivity contribution >= 4 is 0 Å². The quantitative estimate of drug-likeness (QED) is 0.852. The van der Waals surface area contributed by atoms with Gasteiger partial charge in [0.15, 0.2) is 0 Å². The minimum absolute atomic E-state index is 0.679. The van der Waals surface area contributed by atoms with Gasteiger partial charge >= 0.3 is 0 Å². The number of aryl methyl sites for hydroxylation is 1. The standard InChI is InChI=1S/C22H28N4/c1-2-25-17-18(12-22(25)15-23)16-24-8-5-9-26(11-10-24)21-13-19-6-3-4-7-20(19)14-21/h3-4,6-7,12,17,21H,2,5,8-11,13-14,16H2,1H3. The van der Waals surface area contributed by atoms with Crippen LogP contribution in [0.15, 0.2) is 36.5 Å². The average Bonchev–Trinajstić information content (AvgIpc) is 3.19. The second kappa shape index (κ2) is 7.65. The Hall–Kier alpha value is -2.09. The summed E-state index contributed by atoms with van der Waals surface area (Å²) in [4.78, 5) is 5.26. The number of benzene rings is 1. The Bertz CT molecular complexity index is 776. The SMILES string of the molecule is CCn1cc(CN2CCCN(C3Cc4ccccc4C3)CC2)cc1C#N. The van der Waals surface area contributed by atoms with Gasteiger partial charge in [-0.15, -0.1) is 0 Å². The highest BCUT2D eigenvalue weighted by atomic mass is 15.2. The molecule has 1 aliphatic heterocycles. The van der Waals surface area contributed by atoms with E-state index in [-0.39, 0.29) is 0 Å². The molecule has 2 aromatic rings. The molecule has 1 fully saturated rings. The molecule has 4 nitrogen and oxygen atoms in total. The average molecular weight is 348 g/mol. The zero-order valence-electron chi connectivity index (χ0n) is 15.7. The van der Waals surface area contributed by atoms with E-state index in [1.807, 2.05) is 0 Å². The molecule has 0 N–H and O–H groups in total. The highest BCUT2D eigenvalue weighted by Crippen LogP contribution is 2.26. The predicted molar refractivity (Wildman–Crippen MR) is 104 cm³/mol. The third-order valence-electron chi connectivity index (χ3n) is 5.98. The molecule has 26 heavy (non-hydrogen) atoms. The van der Waals surface area contributed by atoms with Crippen LogP contribution in [0.1, 0.15) is 35.7 Å². The number of rotatable bonds is 4. The normalized spacial score (nSPS) is 19.2. The van der Waals surface area contributed by atoms with Crippen LogP contribution < -0.4 is 0 Å². The molecule has 2 aliphatic rings. The summed E-state index contributed by atoms with van der Waals surface area (Å²) in [5.74, 6) is 0. The third-order valence-corrected chi connectivity index (χ3v) is 5.98. The molecule has 1 aliphatic carbocycles. The summed E-state index contributed by atoms with van der Waals surface area (Å²) < 4.78 is 2.05. The molecule has 0 saturated carbocycles. The van der Waals surface area contributed by atoms with Crippen molar-refractivity contribution in [2.75, 3.05) is 26.2 Å². The van der Waals surface area contributed by atoms with Crippen LogP contribution in [0, 0.1) is 11.3 Å². The monoisotopic (exact) mass is 348 g/mol. The Labute approximate surface area is 156 Å². The van der Waals surface area contributed by atoms with E-state index >= 15 is 0 Å². The van der Waals surface area contributed by atoms with Crippen molar-refractivity contribution in [3.8, 4) is 6.07 Å². The van der Waals surface area contributed by atoms with Gasteiger partial charge in [0.2, 0.25) is 0 Å². The number of hydrogen-bond acceptors (Lipinski definition) is 3. The van der Waals surface area contributed by atoms with E-state index in [1.165, 1.54) is 31.4 Å². The van der Waals surface area contributed by atoms with Crippen LogP contribution in [0.3, 0.4) is 0 Å². The van der Waals surface area contributed by atoms with Crippen molar-refractivity contribution in [2.45, 2.75) is 45.3 Å². The molecular formula is C22H28N4. The Morgan fingerprint density at radius 1 is 1.08 bits per heavy atom. The molecule has 0 amide bonds. The van der Waals surface area contributed by atoms with Crippen LogP contribution in [0.4, 0.5) is 0 Å². The lowest BCUT2D eigenvalue weighted by atomic mass is 10.1. The van der Waals surface area contributed by atoms with Crippen molar-refractivity contribution in [3.05, 3.63) is 58.9 Å². The second-order valence-corrected chi connectivity index (χ2v) is 7.63. The van der Waals surface area contributed by atoms with Crippen LogP contribution in [-0.2, 0) is 25.9 Å². The van der Waals surface area contributed by atoms with E-state index in [1.54, 1.807) is 11.1 Å². The van der Waals surface area contributed by atoms with Gasteiger partial charge in [0.25, 0.3) is 0 Å². The second-order valence-electron chi connectivity index (χ2n) is 7.63. The summed E-state index contributed by atoms with van der Waals surface area (Å²) in [5, 5.41) is 9.25. The molecule has 1 saturated heterocycles. The fourth-order valence-corrected chi connectivity index (χ4v) is 4.58. The topological polar surface area (TPSA) is 35.2 Å². The Balaban J connectivity index is 1.35. The zero-order valence-corrected chi connectivity index (χ0v) is 15.7. The van der Waals surface area contributed by atoms with Crippen molar-refractivity contribution in [2.24, 2.45) is 0 Å². The van der Waals surface area contributed by atoms with Crippen molar-refractivity contribution in [3.63, 3.8) is 0 Å². The summed E-state index contributed by atoms with van der Waals surface area (Å²) in [6, 6.07) is 14.0. The Morgan fingerprint density at radius 3 is 2.50 bits per heavy atom. The van der Waals surface area contributed by atoms with E-state index in [9.17, 15) is 5.26 Å². The molecule has 1 aromatic heterocycles. The van der Waals surface area contributed by atoms with E-state index in [0.717, 1.165) is 38.4 Å². The van der Waals surface area contributed by atoms with E-state index in [2.05, 4.69) is 63.9 Å². The van der Waals surface area contributed by atoms with Crippen LogP contribution >= 0.6 is 0 Å². The lowest BCUT2D eigenvalue weighted by Crippen LogP contribution is -2.38. The van der Waals surface area contributed by atoms with Crippen LogP contribution in [-0.4, -0.2) is 46.6 Å². The first-order valence-corrected chi connectivity index (χ1v) is 9.89. The van der Waals surface area contributed by atoms with Gasteiger partial charge in [0.05, 0.1) is 0 Å². The number of nitriles is 1. The summed E-state index contributed by atoms with van der Waals surface area (Å²) in [5.41, 5.74) is 5.14. The molecule has 0 radical (unpaired) electrons. The van der Waals surface area contributed by atoms with Crippen LogP contribution in [0.2, 0.25) is 0 Å². The predicted octanol–water partition coefficient (Wildman–Crippen LogP) is 3.05. The summed E-state index contributed by atoms with van der Waals surface area (Å²) in [6.07, 6.45) is 5.80. The molecule has 0 spiro atoms. The lowest BCUT2D eigenvalue weighted by Gasteiger charge is -2.27. The first kappa shape index (κ1) is 17.3. The Morgan fingerprint density at radius 2 is 1.85 bits per heavy atom. The minimum atomic E-state index is 0.679. The molecule has 1 aromatic carbocycles. The van der Waals surface area contributed by atoms with Crippen LogP contribution in [0.25, 0.3) is 0 Å². The molecule has 2 heterocycles. The molecule has 4 heteroatoms. The number of nitrogens with zero attached hydrogens (tertiary/aromatic N) is 4. The van der Waals surface area contributed by atoms with Gasteiger partial charge in [-0.25, -0.2) is 0 Å². The maximum Gasteiger partial charge on any atom is 0.120 e. The highest BCUT2D eigenvalue weighted by molar-refractivity contribution is 5.33. The van der Waals surface area contributed by atoms with Crippen molar-refractivity contribution in [1.82, 2.24) is 14.4 Å². The maximum absolute atomic E-state index is 9.25. The fourth-order valence-electron chi connectivity index (χ4n) is 4.58. The Kier molecular flexibility index (Phi) is 5.10. The molecule has 4 rings (SSSR count). The van der Waals surface area contributed by atoms with E-state index < -0.39 is 0 Å². The maximum atomic E-state index is 9.25. The smallest absolute Gasteiger partial charge is 0.120 e. The largest absolute Gasteiger partial charge is 0.339 e. The minimum Gasteiger partial charge on any atom is -0.339 e. The number of aromatic nitrogens is 1. The van der Waals surface area contributed by atoms with Gasteiger partial charge in [-0.3, -0.25) is 9.80 Å². The van der Waals surface area contributed by atoms with E-state index in [4.69, 9.17) is 0 Å². The van der Waals surface area contributed by atoms with Crippen molar-refractivity contribution < 1.29 is 0 Å². The lowest BCUT2D eigenvalue weighted by molar-refractivity contribution is 0.201. The number of fused-ring (bicyclic) bond motifs is 1. The summed E-state index contributed by atoms with van der Waals surface area (Å²) in [6.45, 7) is 8.53. The summed E-state index contributed by atoms with van der Waals surface area (Å²) in [7, 11) is 0. The molecular weight excluding hydrogens is 320 g/mol. The first-order valence-electron chi connectivity index (χ1n) is 9.89. The van der Waals surface area contributed by atoms with Gasteiger partial charge in [-0.1, -0.05) is 24.3 Å². The van der Waals surface area contributed by atoms with Gasteiger partial charge in [0, 0.05) is 38.4 Å².